The lowest BCUT2D eigenvalue weighted by molar-refractivity contribution is 0.0984. The molecule has 0 unspecified atom stereocenters. The summed E-state index contributed by atoms with van der Waals surface area (Å²) in [5.74, 6) is -2.36. The minimum Gasteiger partial charge on any atom is -0.372 e. The third-order valence-electron chi connectivity index (χ3n) is 3.12. The van der Waals surface area contributed by atoms with Gasteiger partial charge in [0.15, 0.2) is 5.78 Å². The Hall–Kier alpha value is -2.30. The molecule has 21 heavy (non-hydrogen) atoms. The number of hydrogen-bond acceptors (Lipinski definition) is 2. The van der Waals surface area contributed by atoms with Crippen LogP contribution in [-0.4, -0.2) is 19.4 Å². The molecule has 0 radical (unpaired) electrons. The Bertz CT molecular complexity index is 637. The first kappa shape index (κ1) is 15.1. The van der Waals surface area contributed by atoms with Gasteiger partial charge in [-0.15, -0.1) is 0 Å². The van der Waals surface area contributed by atoms with E-state index < -0.39 is 17.4 Å². The first-order valence-corrected chi connectivity index (χ1v) is 6.42. The van der Waals surface area contributed by atoms with Crippen molar-refractivity contribution in [2.45, 2.75) is 6.42 Å². The summed E-state index contributed by atoms with van der Waals surface area (Å²) >= 11 is 0. The van der Waals surface area contributed by atoms with E-state index in [-0.39, 0.29) is 24.3 Å². The second-order valence-electron chi connectivity index (χ2n) is 4.70. The lowest BCUT2D eigenvalue weighted by atomic mass is 10.1. The first-order chi connectivity index (χ1) is 9.97. The van der Waals surface area contributed by atoms with Crippen LogP contribution < -0.4 is 4.90 Å². The van der Waals surface area contributed by atoms with Gasteiger partial charge in [0.25, 0.3) is 0 Å². The van der Waals surface area contributed by atoms with E-state index in [9.17, 15) is 18.0 Å². The molecule has 0 saturated carbocycles. The fourth-order valence-electron chi connectivity index (χ4n) is 2.01. The molecule has 2 aromatic carbocycles. The van der Waals surface area contributed by atoms with E-state index in [0.29, 0.717) is 11.8 Å². The smallest absolute Gasteiger partial charge is 0.164 e. The molecule has 2 aromatic rings. The van der Waals surface area contributed by atoms with Gasteiger partial charge in [0, 0.05) is 31.6 Å². The molecule has 0 bridgehead atoms. The summed E-state index contributed by atoms with van der Waals surface area (Å²) in [7, 11) is 1.65. The zero-order valence-electron chi connectivity index (χ0n) is 11.4. The van der Waals surface area contributed by atoms with Crippen LogP contribution in [0.4, 0.5) is 18.9 Å². The molecule has 0 aliphatic heterocycles. The number of nitrogens with zero attached hydrogens (tertiary/aromatic N) is 1. The zero-order chi connectivity index (χ0) is 15.4. The van der Waals surface area contributed by atoms with Crippen LogP contribution in [0.3, 0.4) is 0 Å². The van der Waals surface area contributed by atoms with Crippen molar-refractivity contribution in [2.24, 2.45) is 0 Å². The Morgan fingerprint density at radius 3 is 2.29 bits per heavy atom. The minimum atomic E-state index is -0.791. The summed E-state index contributed by atoms with van der Waals surface area (Å²) in [6, 6.07) is 8.90. The molecule has 0 spiro atoms. The van der Waals surface area contributed by atoms with Crippen LogP contribution in [0.15, 0.2) is 42.5 Å². The van der Waals surface area contributed by atoms with Gasteiger partial charge < -0.3 is 4.90 Å². The highest BCUT2D eigenvalue weighted by Crippen LogP contribution is 2.18. The summed E-state index contributed by atoms with van der Waals surface area (Å²) < 4.78 is 39.7. The highest BCUT2D eigenvalue weighted by molar-refractivity contribution is 5.96. The average Bonchev–Trinajstić information content (AvgIpc) is 2.43. The number of halogens is 3. The zero-order valence-corrected chi connectivity index (χ0v) is 11.4. The molecule has 0 heterocycles. The van der Waals surface area contributed by atoms with Crippen molar-refractivity contribution in [1.82, 2.24) is 0 Å². The molecule has 0 fully saturated rings. The van der Waals surface area contributed by atoms with Gasteiger partial charge in [-0.3, -0.25) is 4.79 Å². The topological polar surface area (TPSA) is 20.3 Å². The Balaban J connectivity index is 2.02. The van der Waals surface area contributed by atoms with Crippen molar-refractivity contribution < 1.29 is 18.0 Å². The Morgan fingerprint density at radius 2 is 1.67 bits per heavy atom. The molecule has 0 aliphatic rings. The van der Waals surface area contributed by atoms with E-state index in [2.05, 4.69) is 0 Å². The summed E-state index contributed by atoms with van der Waals surface area (Å²) in [4.78, 5) is 13.5. The monoisotopic (exact) mass is 293 g/mol. The van der Waals surface area contributed by atoms with Gasteiger partial charge >= 0.3 is 0 Å². The standard InChI is InChI=1S/C16H14F3NO/c1-20(15-5-3-2-4-14(15)19)7-6-16(21)11-8-12(17)10-13(18)9-11/h2-5,8-10H,6-7H2,1H3. The second kappa shape index (κ2) is 6.43. The number of carbonyl (C=O) groups is 1. The fraction of sp³-hybridized carbons (Fsp3) is 0.188. The Labute approximate surface area is 120 Å². The molecule has 0 aliphatic carbocycles. The van der Waals surface area contributed by atoms with E-state index in [1.165, 1.54) is 6.07 Å². The number of hydrogen-bond donors (Lipinski definition) is 0. The lowest BCUT2D eigenvalue weighted by Gasteiger charge is -2.19. The number of carbonyl (C=O) groups excluding carboxylic acids is 1. The van der Waals surface area contributed by atoms with Crippen LogP contribution >= 0.6 is 0 Å². The molecule has 5 heteroatoms. The fourth-order valence-corrected chi connectivity index (χ4v) is 2.01. The van der Waals surface area contributed by atoms with Gasteiger partial charge in [0.2, 0.25) is 0 Å². The number of ketones is 1. The van der Waals surface area contributed by atoms with Crippen molar-refractivity contribution in [1.29, 1.82) is 0 Å². The van der Waals surface area contributed by atoms with Gasteiger partial charge in [-0.05, 0) is 24.3 Å². The van der Waals surface area contributed by atoms with Gasteiger partial charge in [-0.1, -0.05) is 12.1 Å². The predicted molar refractivity (Wildman–Crippen MR) is 75.0 cm³/mol. The lowest BCUT2D eigenvalue weighted by Crippen LogP contribution is -2.22. The molecule has 2 nitrogen and oxygen atoms in total. The molecule has 0 atom stereocenters. The predicted octanol–water partition coefficient (Wildman–Crippen LogP) is 3.81. The SMILES string of the molecule is CN(CCC(=O)c1cc(F)cc(F)c1)c1ccccc1F. The summed E-state index contributed by atoms with van der Waals surface area (Å²) in [6.45, 7) is 0.248. The number of Topliss-reactive ketones (excluding diaryl/α,β-unsaturated/α-hetero) is 1. The average molecular weight is 293 g/mol. The third kappa shape index (κ3) is 3.84. The van der Waals surface area contributed by atoms with Crippen LogP contribution in [0.1, 0.15) is 16.8 Å². The maximum atomic E-state index is 13.6. The molecule has 0 amide bonds. The van der Waals surface area contributed by atoms with Gasteiger partial charge in [-0.25, -0.2) is 13.2 Å². The van der Waals surface area contributed by atoms with Crippen LogP contribution in [0.2, 0.25) is 0 Å². The normalized spacial score (nSPS) is 10.5. The van der Waals surface area contributed by atoms with Crippen molar-refractivity contribution in [3.8, 4) is 0 Å². The number of benzene rings is 2. The second-order valence-corrected chi connectivity index (χ2v) is 4.70. The summed E-state index contributed by atoms with van der Waals surface area (Å²) in [6.07, 6.45) is 0.0354. The van der Waals surface area contributed by atoms with Gasteiger partial charge in [0.05, 0.1) is 5.69 Å². The van der Waals surface area contributed by atoms with Crippen LogP contribution in [-0.2, 0) is 0 Å². The largest absolute Gasteiger partial charge is 0.372 e. The van der Waals surface area contributed by atoms with E-state index >= 15 is 0 Å². The Morgan fingerprint density at radius 1 is 1.05 bits per heavy atom. The summed E-state index contributed by atoms with van der Waals surface area (Å²) in [5, 5.41) is 0. The third-order valence-corrected chi connectivity index (χ3v) is 3.12. The van der Waals surface area contributed by atoms with E-state index in [1.54, 1.807) is 30.1 Å². The summed E-state index contributed by atoms with van der Waals surface area (Å²) in [5.41, 5.74) is 0.352. The molecular formula is C16H14F3NO. The maximum absolute atomic E-state index is 13.6. The van der Waals surface area contributed by atoms with E-state index in [4.69, 9.17) is 0 Å². The molecular weight excluding hydrogens is 279 g/mol. The van der Waals surface area contributed by atoms with E-state index in [1.807, 2.05) is 0 Å². The van der Waals surface area contributed by atoms with Gasteiger partial charge in [0.1, 0.15) is 17.5 Å². The highest BCUT2D eigenvalue weighted by Gasteiger charge is 2.12. The molecule has 0 aromatic heterocycles. The highest BCUT2D eigenvalue weighted by atomic mass is 19.1. The number of rotatable bonds is 5. The van der Waals surface area contributed by atoms with Crippen LogP contribution in [0, 0.1) is 17.5 Å². The maximum Gasteiger partial charge on any atom is 0.164 e. The van der Waals surface area contributed by atoms with Crippen molar-refractivity contribution in [3.63, 3.8) is 0 Å². The molecule has 110 valence electrons. The molecule has 0 N–H and O–H groups in total. The van der Waals surface area contributed by atoms with Crippen LogP contribution in [0.25, 0.3) is 0 Å². The quantitative estimate of drug-likeness (QED) is 0.781. The van der Waals surface area contributed by atoms with Gasteiger partial charge in [-0.2, -0.15) is 0 Å². The van der Waals surface area contributed by atoms with Crippen molar-refractivity contribution in [3.05, 3.63) is 65.5 Å². The number of para-hydroxylation sites is 1. The Kier molecular flexibility index (Phi) is 4.62. The van der Waals surface area contributed by atoms with Crippen molar-refractivity contribution >= 4 is 11.5 Å². The van der Waals surface area contributed by atoms with E-state index in [0.717, 1.165) is 12.1 Å². The first-order valence-electron chi connectivity index (χ1n) is 6.42. The van der Waals surface area contributed by atoms with Crippen molar-refractivity contribution in [2.75, 3.05) is 18.5 Å². The van der Waals surface area contributed by atoms with Crippen LogP contribution in [0.5, 0.6) is 0 Å². The molecule has 2 rings (SSSR count). The molecule has 0 saturated heterocycles. The number of anilines is 1. The minimum absolute atomic E-state index is 0.0190.